The number of halogens is 1. The van der Waals surface area contributed by atoms with E-state index in [0.29, 0.717) is 18.4 Å². The number of aliphatic hydroxyl groups is 1. The number of ether oxygens (including phenoxy) is 5. The lowest BCUT2D eigenvalue weighted by atomic mass is 9.52. The van der Waals surface area contributed by atoms with Crippen LogP contribution in [0.3, 0.4) is 0 Å². The fourth-order valence-electron chi connectivity index (χ4n) is 6.85. The van der Waals surface area contributed by atoms with E-state index >= 15 is 0 Å². The van der Waals surface area contributed by atoms with Gasteiger partial charge < -0.3 is 28.8 Å². The lowest BCUT2D eigenvalue weighted by Crippen LogP contribution is -2.70. The second kappa shape index (κ2) is 9.54. The first-order chi connectivity index (χ1) is 17.2. The Balaban J connectivity index is 2.00. The molecule has 1 N–H and O–H groups in total. The molecule has 2 saturated carbocycles. The van der Waals surface area contributed by atoms with Crippen LogP contribution in [-0.4, -0.2) is 76.6 Å². The summed E-state index contributed by atoms with van der Waals surface area (Å²) in [5.41, 5.74) is -3.71. The first-order valence-electron chi connectivity index (χ1n) is 12.6. The van der Waals surface area contributed by atoms with Crippen molar-refractivity contribution in [3.05, 3.63) is 12.2 Å². The van der Waals surface area contributed by atoms with Crippen LogP contribution in [0.5, 0.6) is 0 Å². The average molecular weight is 543 g/mol. The Hall–Kier alpha value is -2.17. The number of hydrogen-bond donors (Lipinski definition) is 1. The lowest BCUT2D eigenvalue weighted by molar-refractivity contribution is -0.244. The maximum atomic E-state index is 12.9. The molecule has 1 spiro atoms. The number of esters is 4. The third-order valence-electron chi connectivity index (χ3n) is 8.77. The normalized spacial score (nSPS) is 45.2. The van der Waals surface area contributed by atoms with Gasteiger partial charge in [0, 0.05) is 26.7 Å². The molecule has 37 heavy (non-hydrogen) atoms. The van der Waals surface area contributed by atoms with Gasteiger partial charge in [-0.05, 0) is 32.6 Å². The first kappa shape index (κ1) is 27.9. The Morgan fingerprint density at radius 1 is 1.05 bits per heavy atom. The molecule has 2 heterocycles. The van der Waals surface area contributed by atoms with Crippen molar-refractivity contribution >= 4 is 35.5 Å². The minimum Gasteiger partial charge on any atom is -0.462 e. The van der Waals surface area contributed by atoms with Crippen LogP contribution in [0.25, 0.3) is 0 Å². The molecule has 2 aliphatic carbocycles. The van der Waals surface area contributed by atoms with Crippen molar-refractivity contribution in [3.8, 4) is 0 Å². The lowest BCUT2D eigenvalue weighted by Gasteiger charge is -2.57. The second-order valence-corrected chi connectivity index (χ2v) is 11.5. The predicted octanol–water partition coefficient (Wildman–Crippen LogP) is 2.22. The Kier molecular flexibility index (Phi) is 7.18. The molecule has 0 amide bonds. The zero-order chi connectivity index (χ0) is 27.5. The van der Waals surface area contributed by atoms with Gasteiger partial charge in [0.15, 0.2) is 11.7 Å². The monoisotopic (exact) mass is 542 g/mol. The fraction of sp³-hybridized carbons (Fsp3) is 0.769. The van der Waals surface area contributed by atoms with Gasteiger partial charge in [-0.2, -0.15) is 0 Å². The summed E-state index contributed by atoms with van der Waals surface area (Å²) >= 11 is 6.75. The highest BCUT2D eigenvalue weighted by molar-refractivity contribution is 6.23. The molecule has 4 fully saturated rings. The highest BCUT2D eigenvalue weighted by Gasteiger charge is 2.75. The van der Waals surface area contributed by atoms with E-state index in [1.165, 1.54) is 27.7 Å². The summed E-state index contributed by atoms with van der Waals surface area (Å²) in [5, 5.41) is 11.4. The molecule has 10 nitrogen and oxygen atoms in total. The van der Waals surface area contributed by atoms with Gasteiger partial charge >= 0.3 is 23.9 Å². The third-order valence-corrected chi connectivity index (χ3v) is 9.30. The van der Waals surface area contributed by atoms with Crippen molar-refractivity contribution in [3.63, 3.8) is 0 Å². The number of alkyl halides is 1. The second-order valence-electron chi connectivity index (χ2n) is 11.0. The first-order valence-corrected chi connectivity index (χ1v) is 13.0. The van der Waals surface area contributed by atoms with Gasteiger partial charge in [0.25, 0.3) is 0 Å². The highest BCUT2D eigenvalue weighted by atomic mass is 35.5. The van der Waals surface area contributed by atoms with Gasteiger partial charge in [0.05, 0.1) is 28.9 Å². The molecular weight excluding hydrogens is 508 g/mol. The highest BCUT2D eigenvalue weighted by Crippen LogP contribution is 2.62. The van der Waals surface area contributed by atoms with Gasteiger partial charge in [-0.15, -0.1) is 11.6 Å². The number of rotatable bonds is 3. The Labute approximate surface area is 220 Å². The summed E-state index contributed by atoms with van der Waals surface area (Å²) in [4.78, 5) is 50.0. The molecule has 0 radical (unpaired) electrons. The molecule has 2 saturated heterocycles. The van der Waals surface area contributed by atoms with Crippen LogP contribution in [-0.2, 0) is 42.9 Å². The minimum atomic E-state index is -2.08. The third kappa shape index (κ3) is 4.44. The topological polar surface area (TPSA) is 138 Å². The molecule has 4 aliphatic rings. The van der Waals surface area contributed by atoms with Crippen LogP contribution in [0.15, 0.2) is 12.2 Å². The van der Waals surface area contributed by atoms with Crippen LogP contribution in [0.1, 0.15) is 60.3 Å². The SMILES string of the molecule is C=C1CC[C@H](OC(C)=O)[C@@]2(C)[C@@H](OC(C)=O)CC[C@]3(CO3)[C@@H]2[C@H](OC(C)=O)[C@]2(O)[C@@H](C)C(=O)O[C@H]2[C@H]1Cl. The van der Waals surface area contributed by atoms with Gasteiger partial charge in [-0.25, -0.2) is 0 Å². The number of fused-ring (bicyclic) bond motifs is 3. The van der Waals surface area contributed by atoms with Crippen LogP contribution in [0.2, 0.25) is 0 Å². The molecule has 0 unspecified atom stereocenters. The smallest absolute Gasteiger partial charge is 0.312 e. The van der Waals surface area contributed by atoms with Gasteiger partial charge in [0.2, 0.25) is 0 Å². The molecule has 0 aromatic carbocycles. The van der Waals surface area contributed by atoms with Crippen LogP contribution in [0.4, 0.5) is 0 Å². The number of epoxide rings is 1. The van der Waals surface area contributed by atoms with Crippen molar-refractivity contribution in [1.29, 1.82) is 0 Å². The molecule has 0 aromatic heterocycles. The minimum absolute atomic E-state index is 0.254. The zero-order valence-corrected chi connectivity index (χ0v) is 22.5. The Morgan fingerprint density at radius 3 is 2.11 bits per heavy atom. The van der Waals surface area contributed by atoms with Crippen molar-refractivity contribution in [2.75, 3.05) is 6.61 Å². The summed E-state index contributed by atoms with van der Waals surface area (Å²) in [6.45, 7) is 11.4. The van der Waals surface area contributed by atoms with Gasteiger partial charge in [-0.1, -0.05) is 19.1 Å². The van der Waals surface area contributed by atoms with Gasteiger partial charge in [0.1, 0.15) is 18.3 Å². The van der Waals surface area contributed by atoms with E-state index in [1.54, 1.807) is 6.92 Å². The largest absolute Gasteiger partial charge is 0.462 e. The summed E-state index contributed by atoms with van der Waals surface area (Å²) in [5.74, 6) is -4.47. The van der Waals surface area contributed by atoms with E-state index in [-0.39, 0.29) is 19.4 Å². The number of carbonyl (C=O) groups excluding carboxylic acids is 4. The summed E-state index contributed by atoms with van der Waals surface area (Å²) < 4.78 is 29.2. The molecule has 10 atom stereocenters. The fourth-order valence-corrected chi connectivity index (χ4v) is 7.22. The maximum Gasteiger partial charge on any atom is 0.312 e. The van der Waals surface area contributed by atoms with E-state index in [2.05, 4.69) is 6.58 Å². The average Bonchev–Trinajstić information content (AvgIpc) is 3.53. The van der Waals surface area contributed by atoms with Crippen molar-refractivity contribution in [1.82, 2.24) is 0 Å². The quantitative estimate of drug-likeness (QED) is 0.186. The Bertz CT molecular complexity index is 1010. The van der Waals surface area contributed by atoms with E-state index in [0.717, 1.165) is 0 Å². The zero-order valence-electron chi connectivity index (χ0n) is 21.8. The van der Waals surface area contributed by atoms with Crippen LogP contribution < -0.4 is 0 Å². The van der Waals surface area contributed by atoms with Crippen molar-refractivity contribution in [2.45, 2.75) is 101 Å². The molecule has 4 rings (SSSR count). The van der Waals surface area contributed by atoms with E-state index in [1.807, 2.05) is 0 Å². The predicted molar refractivity (Wildman–Crippen MR) is 128 cm³/mol. The maximum absolute atomic E-state index is 12.9. The summed E-state index contributed by atoms with van der Waals surface area (Å²) in [6, 6.07) is 0. The molecule has 0 bridgehead atoms. The number of carbonyl (C=O) groups is 4. The Morgan fingerprint density at radius 2 is 1.59 bits per heavy atom. The van der Waals surface area contributed by atoms with Gasteiger partial charge in [-0.3, -0.25) is 19.2 Å². The van der Waals surface area contributed by atoms with E-state index in [4.69, 9.17) is 35.3 Å². The number of hydrogen-bond acceptors (Lipinski definition) is 10. The van der Waals surface area contributed by atoms with Crippen LogP contribution in [0, 0.1) is 17.3 Å². The summed E-state index contributed by atoms with van der Waals surface area (Å²) in [7, 11) is 0. The molecule has 0 aromatic rings. The van der Waals surface area contributed by atoms with Crippen molar-refractivity contribution in [2.24, 2.45) is 17.3 Å². The van der Waals surface area contributed by atoms with Crippen molar-refractivity contribution < 1.29 is 48.0 Å². The summed E-state index contributed by atoms with van der Waals surface area (Å²) in [6.07, 6.45) is -2.94. The van der Waals surface area contributed by atoms with E-state index in [9.17, 15) is 24.3 Å². The van der Waals surface area contributed by atoms with E-state index < -0.39 is 82.1 Å². The van der Waals surface area contributed by atoms with Crippen LogP contribution >= 0.6 is 11.6 Å². The molecule has 11 heteroatoms. The standard InChI is InChI=1S/C26H35ClO10/c1-12-7-8-17(34-14(3)28)24(6)18(35-15(4)29)9-10-25(11-33-25)20(24)22(36-16(5)30)26(32)13(2)23(31)37-21(26)19(12)27/h13,17-22,32H,1,7-11H2,2-6H3/t13-,17-,18-,19-,20+,21-,22-,24-,25-,26-/m0/s1. The molecular formula is C26H35ClO10. The molecule has 206 valence electrons. The molecule has 2 aliphatic heterocycles.